The summed E-state index contributed by atoms with van der Waals surface area (Å²) in [4.78, 5) is 46.8. The van der Waals surface area contributed by atoms with E-state index in [0.29, 0.717) is 5.57 Å². The summed E-state index contributed by atoms with van der Waals surface area (Å²) in [6, 6.07) is 0.113. The molecule has 12 nitrogen and oxygen atoms in total. The number of carbonyl (C=O) groups excluding carboxylic acids is 2. The summed E-state index contributed by atoms with van der Waals surface area (Å²) >= 11 is 0. The third kappa shape index (κ3) is 6.12. The molecule has 0 saturated carbocycles. The average Bonchev–Trinajstić information content (AvgIpc) is 3.36. The first kappa shape index (κ1) is 27.7. The number of allylic oxidation sites excluding steroid dienone is 1. The zero-order valence-corrected chi connectivity index (χ0v) is 19.4. The Labute approximate surface area is 196 Å². The van der Waals surface area contributed by atoms with Crippen molar-refractivity contribution in [2.24, 2.45) is 11.8 Å². The van der Waals surface area contributed by atoms with E-state index in [1.165, 1.54) is 6.92 Å². The number of carboxylic acids is 2. The van der Waals surface area contributed by atoms with Gasteiger partial charge in [-0.15, -0.1) is 0 Å². The van der Waals surface area contributed by atoms with Crippen LogP contribution in [0.25, 0.3) is 0 Å². The van der Waals surface area contributed by atoms with Crippen LogP contribution in [0.4, 0.5) is 0 Å². The number of aliphatic hydroxyl groups is 3. The molecule has 3 saturated heterocycles. The number of hydrogen-bond donors (Lipinski definition) is 5. The predicted octanol–water partition coefficient (Wildman–Crippen LogP) is -0.850. The lowest BCUT2D eigenvalue weighted by Crippen LogP contribution is -2.46. The molecular weight excluding hydrogens is 454 g/mol. The van der Waals surface area contributed by atoms with Gasteiger partial charge in [0, 0.05) is 18.0 Å². The first-order chi connectivity index (χ1) is 15.8. The number of esters is 2. The second-order valence-corrected chi connectivity index (χ2v) is 9.04. The molecule has 0 bridgehead atoms. The quantitative estimate of drug-likeness (QED) is 0.245. The Morgan fingerprint density at radius 1 is 1.12 bits per heavy atom. The van der Waals surface area contributed by atoms with E-state index >= 15 is 0 Å². The van der Waals surface area contributed by atoms with Gasteiger partial charge in [-0.3, -0.25) is 4.90 Å². The molecule has 3 fully saturated rings. The second kappa shape index (κ2) is 11.3. The van der Waals surface area contributed by atoms with Gasteiger partial charge in [-0.25, -0.2) is 19.2 Å². The number of ether oxygens (including phenoxy) is 2. The highest BCUT2D eigenvalue weighted by atomic mass is 16.6. The van der Waals surface area contributed by atoms with E-state index in [-0.39, 0.29) is 37.1 Å². The second-order valence-electron chi connectivity index (χ2n) is 9.04. The van der Waals surface area contributed by atoms with E-state index in [1.807, 2.05) is 0 Å². The number of aliphatic hydroxyl groups excluding tert-OH is 2. The molecule has 7 unspecified atom stereocenters. The van der Waals surface area contributed by atoms with Gasteiger partial charge in [0.2, 0.25) is 0 Å². The normalized spacial score (nSPS) is 34.9. The Balaban J connectivity index is 0.000000347. The van der Waals surface area contributed by atoms with Crippen LogP contribution in [0.15, 0.2) is 11.6 Å². The van der Waals surface area contributed by atoms with Crippen LogP contribution in [0.2, 0.25) is 0 Å². The van der Waals surface area contributed by atoms with Gasteiger partial charge in [-0.1, -0.05) is 13.0 Å². The van der Waals surface area contributed by atoms with Crippen LogP contribution in [0.3, 0.4) is 0 Å². The van der Waals surface area contributed by atoms with Crippen molar-refractivity contribution in [3.05, 3.63) is 11.6 Å². The topological polar surface area (TPSA) is 191 Å². The zero-order chi connectivity index (χ0) is 25.8. The van der Waals surface area contributed by atoms with Crippen molar-refractivity contribution in [3.63, 3.8) is 0 Å². The predicted molar refractivity (Wildman–Crippen MR) is 114 cm³/mol. The van der Waals surface area contributed by atoms with E-state index in [1.54, 1.807) is 19.9 Å². The fourth-order valence-electron chi connectivity index (χ4n) is 4.38. The Morgan fingerprint density at radius 3 is 2.21 bits per heavy atom. The molecule has 0 aliphatic carbocycles. The third-order valence-electron chi connectivity index (χ3n) is 6.78. The number of carboxylic acid groups (broad SMARTS) is 2. The van der Waals surface area contributed by atoms with E-state index < -0.39 is 41.6 Å². The Morgan fingerprint density at radius 2 is 1.68 bits per heavy atom. The smallest absolute Gasteiger partial charge is 0.338 e. The molecule has 12 heteroatoms. The number of hydrogen-bond acceptors (Lipinski definition) is 10. The van der Waals surface area contributed by atoms with Crippen LogP contribution in [0, 0.1) is 11.8 Å². The fraction of sp³-hybridized carbons (Fsp3) is 0.727. The molecule has 0 aromatic rings. The lowest BCUT2D eigenvalue weighted by molar-refractivity contribution is -0.172. The molecule has 34 heavy (non-hydrogen) atoms. The van der Waals surface area contributed by atoms with Gasteiger partial charge in [0.25, 0.3) is 0 Å². The van der Waals surface area contributed by atoms with Crippen molar-refractivity contribution in [1.82, 2.24) is 4.90 Å². The van der Waals surface area contributed by atoms with Gasteiger partial charge < -0.3 is 35.0 Å². The molecular formula is C22H33NO11. The fourth-order valence-corrected chi connectivity index (χ4v) is 4.38. The van der Waals surface area contributed by atoms with E-state index in [2.05, 4.69) is 4.90 Å². The van der Waals surface area contributed by atoms with E-state index in [4.69, 9.17) is 29.9 Å². The molecule has 192 valence electrons. The van der Waals surface area contributed by atoms with Gasteiger partial charge >= 0.3 is 23.9 Å². The van der Waals surface area contributed by atoms with Crippen LogP contribution in [0.1, 0.15) is 40.0 Å². The van der Waals surface area contributed by atoms with Crippen LogP contribution < -0.4 is 0 Å². The van der Waals surface area contributed by atoms with Crippen molar-refractivity contribution >= 4 is 23.9 Å². The van der Waals surface area contributed by atoms with Gasteiger partial charge in [0.1, 0.15) is 6.10 Å². The monoisotopic (exact) mass is 487 g/mol. The maximum atomic E-state index is 12.6. The molecule has 0 spiro atoms. The van der Waals surface area contributed by atoms with Gasteiger partial charge in [0.05, 0.1) is 12.6 Å². The van der Waals surface area contributed by atoms with Crippen molar-refractivity contribution in [2.45, 2.75) is 70.0 Å². The Hall–Kier alpha value is -2.54. The van der Waals surface area contributed by atoms with Crippen molar-refractivity contribution in [2.75, 3.05) is 19.7 Å². The summed E-state index contributed by atoms with van der Waals surface area (Å²) in [5.41, 5.74) is -1.12. The minimum atomic E-state index is -2.27. The molecule has 3 rings (SSSR count). The summed E-state index contributed by atoms with van der Waals surface area (Å²) in [5.74, 6) is -4.76. The summed E-state index contributed by atoms with van der Waals surface area (Å²) in [6.07, 6.45) is -0.943. The molecule has 0 aromatic carbocycles. The van der Waals surface area contributed by atoms with Crippen LogP contribution in [0.5, 0.6) is 0 Å². The van der Waals surface area contributed by atoms with Crippen LogP contribution in [-0.4, -0.2) is 104 Å². The summed E-state index contributed by atoms with van der Waals surface area (Å²) in [7, 11) is 0. The highest BCUT2D eigenvalue weighted by Gasteiger charge is 2.48. The number of cyclic esters (lactones) is 1. The zero-order valence-electron chi connectivity index (χ0n) is 19.4. The number of nitrogens with zero attached hydrogens (tertiary/aromatic N) is 1. The van der Waals surface area contributed by atoms with Gasteiger partial charge in [-0.2, -0.15) is 0 Å². The lowest BCUT2D eigenvalue weighted by atomic mass is 9.85. The summed E-state index contributed by atoms with van der Waals surface area (Å²) in [6.45, 7) is 7.11. The SMILES string of the molecule is C/C=C1/CC(C)C(C)(O)C(=O)OCC2CCN3CCC(OC1=O)C23.O=C(O)C(O)C(O)C(=O)O. The highest BCUT2D eigenvalue weighted by Crippen LogP contribution is 2.36. The van der Waals surface area contributed by atoms with E-state index in [0.717, 1.165) is 25.9 Å². The molecule has 0 radical (unpaired) electrons. The van der Waals surface area contributed by atoms with Crippen molar-refractivity contribution in [1.29, 1.82) is 0 Å². The number of carbonyl (C=O) groups is 4. The summed E-state index contributed by atoms with van der Waals surface area (Å²) in [5, 5.41) is 43.1. The molecule has 0 amide bonds. The first-order valence-electron chi connectivity index (χ1n) is 11.1. The van der Waals surface area contributed by atoms with Gasteiger partial charge in [-0.05, 0) is 45.6 Å². The minimum Gasteiger partial charge on any atom is -0.479 e. The molecule has 7 atom stereocenters. The maximum Gasteiger partial charge on any atom is 0.338 e. The first-order valence-corrected chi connectivity index (χ1v) is 11.1. The minimum absolute atomic E-state index is 0.113. The molecule has 3 aliphatic heterocycles. The molecule has 0 aromatic heterocycles. The molecule has 3 aliphatic rings. The Bertz CT molecular complexity index is 806. The Kier molecular flexibility index (Phi) is 9.17. The highest BCUT2D eigenvalue weighted by molar-refractivity contribution is 5.89. The van der Waals surface area contributed by atoms with Crippen LogP contribution >= 0.6 is 0 Å². The lowest BCUT2D eigenvalue weighted by Gasteiger charge is -2.32. The summed E-state index contributed by atoms with van der Waals surface area (Å²) < 4.78 is 11.3. The van der Waals surface area contributed by atoms with Gasteiger partial charge in [0.15, 0.2) is 17.8 Å². The standard InChI is InChI=1S/C18H27NO5.C4H6O6/c1-4-12-9-11(2)18(3,22)17(21)23-10-13-5-7-19-8-6-14(15(13)19)24-16(12)20;5-1(3(7)8)2(6)4(9)10/h4,11,13-15,22H,5-10H2,1-3H3;1-2,5-6H,(H,7,8)(H,9,10)/b12-4-;. The maximum absolute atomic E-state index is 12.6. The number of rotatable bonds is 3. The largest absolute Gasteiger partial charge is 0.479 e. The third-order valence-corrected chi connectivity index (χ3v) is 6.78. The molecule has 5 N–H and O–H groups in total. The van der Waals surface area contributed by atoms with Crippen molar-refractivity contribution < 1.29 is 54.2 Å². The van der Waals surface area contributed by atoms with E-state index in [9.17, 15) is 24.3 Å². The van der Waals surface area contributed by atoms with Crippen molar-refractivity contribution in [3.8, 4) is 0 Å². The number of aliphatic carboxylic acids is 2. The van der Waals surface area contributed by atoms with Crippen LogP contribution in [-0.2, 0) is 28.7 Å². The molecule has 3 heterocycles. The average molecular weight is 488 g/mol.